The minimum absolute atomic E-state index is 0.0803. The van der Waals surface area contributed by atoms with Gasteiger partial charge in [0.2, 0.25) is 0 Å². The third-order valence-electron chi connectivity index (χ3n) is 5.57. The number of amides is 1. The van der Waals surface area contributed by atoms with E-state index in [1.54, 1.807) is 12.4 Å². The first-order valence-corrected chi connectivity index (χ1v) is 10.4. The normalized spacial score (nSPS) is 22.9. The van der Waals surface area contributed by atoms with Gasteiger partial charge < -0.3 is 16.0 Å². The van der Waals surface area contributed by atoms with E-state index in [4.69, 9.17) is 0 Å². The molecule has 142 valence electrons. The van der Waals surface area contributed by atoms with Crippen molar-refractivity contribution in [2.45, 2.75) is 24.9 Å². The first-order chi connectivity index (χ1) is 13.8. The van der Waals surface area contributed by atoms with Gasteiger partial charge in [0.25, 0.3) is 5.91 Å². The van der Waals surface area contributed by atoms with Crippen LogP contribution in [0.4, 0.5) is 11.4 Å². The van der Waals surface area contributed by atoms with Crippen molar-refractivity contribution >= 4 is 28.6 Å². The van der Waals surface area contributed by atoms with E-state index < -0.39 is 0 Å². The van der Waals surface area contributed by atoms with Gasteiger partial charge in [0.1, 0.15) is 0 Å². The summed E-state index contributed by atoms with van der Waals surface area (Å²) >= 11 is 1.40. The van der Waals surface area contributed by atoms with Crippen LogP contribution in [-0.4, -0.2) is 34.5 Å². The van der Waals surface area contributed by atoms with Crippen LogP contribution in [-0.2, 0) is 0 Å². The van der Waals surface area contributed by atoms with E-state index >= 15 is 0 Å². The summed E-state index contributed by atoms with van der Waals surface area (Å²) in [6, 6.07) is 12.6. The second kappa shape index (κ2) is 7.33. The summed E-state index contributed by atoms with van der Waals surface area (Å²) in [4.78, 5) is 22.3. The zero-order valence-electron chi connectivity index (χ0n) is 15.3. The summed E-state index contributed by atoms with van der Waals surface area (Å²) in [5.41, 5.74) is 2.88. The van der Waals surface area contributed by atoms with E-state index in [1.165, 1.54) is 17.8 Å². The highest BCUT2D eigenvalue weighted by Crippen LogP contribution is 2.34. The van der Waals surface area contributed by atoms with Crippen LogP contribution in [0.2, 0.25) is 0 Å². The number of pyridine rings is 1. The van der Waals surface area contributed by atoms with Crippen molar-refractivity contribution in [2.75, 3.05) is 11.9 Å². The van der Waals surface area contributed by atoms with E-state index in [2.05, 4.69) is 25.9 Å². The van der Waals surface area contributed by atoms with E-state index in [0.29, 0.717) is 17.0 Å². The molecule has 1 saturated carbocycles. The Balaban J connectivity index is 1.35. The minimum Gasteiger partial charge on any atom is -0.355 e. The standard InChI is InChI=1S/C21H21N5OS/c27-20(26-19-13-6-7-17(19)23-10-13)21-24-12-18(28-21)15-11-22-9-8-16(15)25-14-4-2-1-3-5-14/h1-5,8-9,11-13,17,19,23H,6-7,10H2,(H,22,25)(H,26,27)/t13?,17?,19-/m1/s1. The Bertz CT molecular complexity index is 969. The van der Waals surface area contributed by atoms with Crippen LogP contribution in [0, 0.1) is 5.92 Å². The van der Waals surface area contributed by atoms with Crippen molar-refractivity contribution in [1.82, 2.24) is 20.6 Å². The summed E-state index contributed by atoms with van der Waals surface area (Å²) in [7, 11) is 0. The molecule has 1 aliphatic carbocycles. The van der Waals surface area contributed by atoms with Gasteiger partial charge >= 0.3 is 0 Å². The molecule has 7 heteroatoms. The first-order valence-electron chi connectivity index (χ1n) is 9.54. The highest BCUT2D eigenvalue weighted by molar-refractivity contribution is 7.17. The molecule has 3 heterocycles. The van der Waals surface area contributed by atoms with Crippen molar-refractivity contribution in [1.29, 1.82) is 0 Å². The lowest BCUT2D eigenvalue weighted by Gasteiger charge is -2.15. The van der Waals surface area contributed by atoms with E-state index in [1.807, 2.05) is 42.6 Å². The molecule has 1 aliphatic heterocycles. The number of rotatable bonds is 5. The number of anilines is 2. The van der Waals surface area contributed by atoms with Crippen molar-refractivity contribution < 1.29 is 4.79 Å². The predicted octanol–water partition coefficient (Wildman–Crippen LogP) is 3.43. The van der Waals surface area contributed by atoms with Crippen LogP contribution >= 0.6 is 11.3 Å². The SMILES string of the molecule is O=C(N[C@@H]1C2CCC1NC2)c1ncc(-c2cnccc2Nc2ccccc2)s1. The summed E-state index contributed by atoms with van der Waals surface area (Å²) in [6.45, 7) is 1.00. The van der Waals surface area contributed by atoms with Crippen molar-refractivity contribution in [2.24, 2.45) is 5.92 Å². The number of benzene rings is 1. The number of fused-ring (bicyclic) bond motifs is 2. The molecule has 0 radical (unpaired) electrons. The van der Waals surface area contributed by atoms with Gasteiger partial charge in [0.15, 0.2) is 5.01 Å². The number of carbonyl (C=O) groups is 1. The third kappa shape index (κ3) is 3.27. The average molecular weight is 392 g/mol. The highest BCUT2D eigenvalue weighted by atomic mass is 32.1. The molecule has 3 atom stereocenters. The Kier molecular flexibility index (Phi) is 4.54. The van der Waals surface area contributed by atoms with Crippen molar-refractivity contribution in [3.05, 3.63) is 60.0 Å². The highest BCUT2D eigenvalue weighted by Gasteiger charge is 2.42. The van der Waals surface area contributed by atoms with Crippen LogP contribution in [0.5, 0.6) is 0 Å². The van der Waals surface area contributed by atoms with E-state index in [0.717, 1.165) is 34.8 Å². The summed E-state index contributed by atoms with van der Waals surface area (Å²) in [5.74, 6) is 0.469. The Labute approximate surface area is 167 Å². The molecule has 1 aromatic carbocycles. The van der Waals surface area contributed by atoms with Gasteiger partial charge in [-0.25, -0.2) is 4.98 Å². The molecular weight excluding hydrogens is 370 g/mol. The molecule has 1 saturated heterocycles. The fraction of sp³-hybridized carbons (Fsp3) is 0.286. The van der Waals surface area contributed by atoms with Gasteiger partial charge in [-0.15, -0.1) is 11.3 Å². The summed E-state index contributed by atoms with van der Waals surface area (Å²) in [5, 5.41) is 10.6. The topological polar surface area (TPSA) is 78.9 Å². The average Bonchev–Trinajstić information content (AvgIpc) is 3.46. The monoisotopic (exact) mass is 391 g/mol. The van der Waals surface area contributed by atoms with Gasteiger partial charge in [-0.2, -0.15) is 0 Å². The van der Waals surface area contributed by atoms with E-state index in [9.17, 15) is 4.79 Å². The number of hydrogen-bond donors (Lipinski definition) is 3. The Morgan fingerprint density at radius 2 is 2.04 bits per heavy atom. The van der Waals surface area contributed by atoms with Gasteiger partial charge in [-0.05, 0) is 37.0 Å². The number of nitrogens with one attached hydrogen (secondary N) is 3. The predicted molar refractivity (Wildman–Crippen MR) is 111 cm³/mol. The summed E-state index contributed by atoms with van der Waals surface area (Å²) in [6.07, 6.45) is 7.65. The molecule has 2 fully saturated rings. The molecule has 0 spiro atoms. The number of aromatic nitrogens is 2. The molecule has 2 aromatic heterocycles. The van der Waals surface area contributed by atoms with Crippen LogP contribution < -0.4 is 16.0 Å². The second-order valence-electron chi connectivity index (χ2n) is 7.29. The maximum atomic E-state index is 12.7. The largest absolute Gasteiger partial charge is 0.355 e. The zero-order valence-corrected chi connectivity index (χ0v) is 16.1. The van der Waals surface area contributed by atoms with Crippen molar-refractivity contribution in [3.8, 4) is 10.4 Å². The molecule has 5 rings (SSSR count). The molecule has 2 bridgehead atoms. The third-order valence-corrected chi connectivity index (χ3v) is 6.60. The van der Waals surface area contributed by atoms with Gasteiger partial charge in [0, 0.05) is 48.5 Å². The molecule has 3 N–H and O–H groups in total. The number of nitrogens with zero attached hydrogens (tertiary/aromatic N) is 2. The molecular formula is C21H21N5OS. The molecule has 1 amide bonds. The number of para-hydroxylation sites is 1. The van der Waals surface area contributed by atoms with Gasteiger partial charge in [-0.3, -0.25) is 9.78 Å². The van der Waals surface area contributed by atoms with Crippen LogP contribution in [0.15, 0.2) is 55.0 Å². The maximum Gasteiger partial charge on any atom is 0.280 e. The summed E-state index contributed by atoms with van der Waals surface area (Å²) < 4.78 is 0. The Morgan fingerprint density at radius 1 is 1.14 bits per heavy atom. The maximum absolute atomic E-state index is 12.7. The van der Waals surface area contributed by atoms with E-state index in [-0.39, 0.29) is 11.9 Å². The fourth-order valence-electron chi connectivity index (χ4n) is 4.15. The lowest BCUT2D eigenvalue weighted by molar-refractivity contribution is 0.0931. The Morgan fingerprint density at radius 3 is 2.79 bits per heavy atom. The Hall–Kier alpha value is -2.77. The van der Waals surface area contributed by atoms with Crippen LogP contribution in [0.3, 0.4) is 0 Å². The second-order valence-corrected chi connectivity index (χ2v) is 8.32. The van der Waals surface area contributed by atoms with Crippen molar-refractivity contribution in [3.63, 3.8) is 0 Å². The number of carbonyl (C=O) groups excluding carboxylic acids is 1. The molecule has 6 nitrogen and oxygen atoms in total. The molecule has 28 heavy (non-hydrogen) atoms. The molecule has 2 aliphatic rings. The zero-order chi connectivity index (χ0) is 18.9. The first kappa shape index (κ1) is 17.3. The number of hydrogen-bond acceptors (Lipinski definition) is 6. The number of piperidine rings is 1. The van der Waals surface area contributed by atoms with Crippen LogP contribution in [0.1, 0.15) is 22.6 Å². The smallest absolute Gasteiger partial charge is 0.280 e. The quantitative estimate of drug-likeness (QED) is 0.621. The van der Waals surface area contributed by atoms with Crippen LogP contribution in [0.25, 0.3) is 10.4 Å². The van der Waals surface area contributed by atoms with Gasteiger partial charge in [-0.1, -0.05) is 18.2 Å². The number of thiazole rings is 1. The minimum atomic E-state index is -0.0803. The lowest BCUT2D eigenvalue weighted by atomic mass is 10.1. The molecule has 3 aromatic rings. The van der Waals surface area contributed by atoms with Gasteiger partial charge in [0.05, 0.1) is 10.6 Å². The lowest BCUT2D eigenvalue weighted by Crippen LogP contribution is -2.42. The fourth-order valence-corrected chi connectivity index (χ4v) is 5.00. The molecule has 2 unspecified atom stereocenters.